The fraction of sp³-hybridized carbons (Fsp3) is 0.692. The molecule has 8 nitrogen and oxygen atoms in total. The molecule has 2 fully saturated rings. The van der Waals surface area contributed by atoms with Crippen molar-refractivity contribution < 1.29 is 19.1 Å². The van der Waals surface area contributed by atoms with E-state index in [1.165, 1.54) is 0 Å². The largest absolute Gasteiger partial charge is 0.451 e. The van der Waals surface area contributed by atoms with Crippen LogP contribution in [0.15, 0.2) is 0 Å². The van der Waals surface area contributed by atoms with Gasteiger partial charge in [0.25, 0.3) is 0 Å². The van der Waals surface area contributed by atoms with E-state index in [9.17, 15) is 9.59 Å². The zero-order valence-electron chi connectivity index (χ0n) is 11.7. The smallest absolute Gasteiger partial charge is 0.306 e. The van der Waals surface area contributed by atoms with E-state index < -0.39 is 23.1 Å². The lowest BCUT2D eigenvalue weighted by molar-refractivity contribution is -0.149. The Balaban J connectivity index is 1.65. The standard InChI is InChI=1S/C13H20N4O4/c14-10(15)12(4-5-12)20-8(18)2-1-3-9(19)21-13(6-7-13)11(16)17/h1-7H2,(H3,14,15)(H3,16,17). The van der Waals surface area contributed by atoms with Crippen molar-refractivity contribution in [1.29, 1.82) is 10.8 Å². The van der Waals surface area contributed by atoms with E-state index in [2.05, 4.69) is 0 Å². The molecular formula is C13H20N4O4. The van der Waals surface area contributed by atoms with Crippen LogP contribution in [0.3, 0.4) is 0 Å². The summed E-state index contributed by atoms with van der Waals surface area (Å²) in [5, 5.41) is 14.7. The highest BCUT2D eigenvalue weighted by Gasteiger charge is 2.51. The zero-order chi connectivity index (χ0) is 15.7. The normalized spacial score (nSPS) is 20.2. The number of amidine groups is 2. The van der Waals surface area contributed by atoms with Crippen molar-refractivity contribution in [2.24, 2.45) is 11.5 Å². The molecule has 2 saturated carbocycles. The molecule has 0 aromatic carbocycles. The highest BCUT2D eigenvalue weighted by molar-refractivity contribution is 5.92. The van der Waals surface area contributed by atoms with Crippen LogP contribution in [-0.2, 0) is 19.1 Å². The lowest BCUT2D eigenvalue weighted by atomic mass is 10.2. The summed E-state index contributed by atoms with van der Waals surface area (Å²) < 4.78 is 10.3. The Labute approximate surface area is 122 Å². The number of nitrogens with one attached hydrogen (secondary N) is 2. The number of esters is 2. The molecule has 6 N–H and O–H groups in total. The maximum atomic E-state index is 11.6. The van der Waals surface area contributed by atoms with Gasteiger partial charge in [-0.2, -0.15) is 0 Å². The van der Waals surface area contributed by atoms with Gasteiger partial charge in [-0.3, -0.25) is 20.4 Å². The number of carbonyl (C=O) groups is 2. The molecule has 0 unspecified atom stereocenters. The number of rotatable bonds is 8. The summed E-state index contributed by atoms with van der Waals surface area (Å²) in [6.45, 7) is 0. The molecule has 0 saturated heterocycles. The minimum absolute atomic E-state index is 0.0667. The minimum Gasteiger partial charge on any atom is -0.451 e. The molecule has 21 heavy (non-hydrogen) atoms. The van der Waals surface area contributed by atoms with Crippen molar-refractivity contribution in [1.82, 2.24) is 0 Å². The van der Waals surface area contributed by atoms with E-state index >= 15 is 0 Å². The average molecular weight is 296 g/mol. The maximum absolute atomic E-state index is 11.6. The number of nitrogens with two attached hydrogens (primary N) is 2. The van der Waals surface area contributed by atoms with E-state index in [1.807, 2.05) is 0 Å². The van der Waals surface area contributed by atoms with Crippen LogP contribution in [0.4, 0.5) is 0 Å². The van der Waals surface area contributed by atoms with Gasteiger partial charge in [0, 0.05) is 12.8 Å². The van der Waals surface area contributed by atoms with E-state index in [0.717, 1.165) is 0 Å². The van der Waals surface area contributed by atoms with Crippen LogP contribution >= 0.6 is 0 Å². The Morgan fingerprint density at radius 1 is 0.857 bits per heavy atom. The molecule has 0 atom stereocenters. The van der Waals surface area contributed by atoms with Crippen LogP contribution in [0.2, 0.25) is 0 Å². The first kappa shape index (κ1) is 15.3. The van der Waals surface area contributed by atoms with Gasteiger partial charge in [0.15, 0.2) is 11.2 Å². The molecule has 0 spiro atoms. The van der Waals surface area contributed by atoms with E-state index in [1.54, 1.807) is 0 Å². The SMILES string of the molecule is N=C(N)C1(OC(=O)CCCC(=O)OC2(C(=N)N)CC2)CC1. The molecule has 0 bridgehead atoms. The Morgan fingerprint density at radius 2 is 1.19 bits per heavy atom. The van der Waals surface area contributed by atoms with E-state index in [0.29, 0.717) is 32.1 Å². The van der Waals surface area contributed by atoms with Crippen molar-refractivity contribution in [2.45, 2.75) is 56.1 Å². The summed E-state index contributed by atoms with van der Waals surface area (Å²) in [7, 11) is 0. The summed E-state index contributed by atoms with van der Waals surface area (Å²) in [6.07, 6.45) is 2.75. The highest BCUT2D eigenvalue weighted by atomic mass is 16.6. The van der Waals surface area contributed by atoms with Crippen LogP contribution in [0.5, 0.6) is 0 Å². The number of carbonyl (C=O) groups excluding carboxylic acids is 2. The van der Waals surface area contributed by atoms with Gasteiger partial charge >= 0.3 is 11.9 Å². The minimum atomic E-state index is -0.899. The monoisotopic (exact) mass is 296 g/mol. The Morgan fingerprint density at radius 3 is 1.43 bits per heavy atom. The Kier molecular flexibility index (Phi) is 3.89. The van der Waals surface area contributed by atoms with Crippen LogP contribution in [0.1, 0.15) is 44.9 Å². The molecule has 2 aliphatic rings. The maximum Gasteiger partial charge on any atom is 0.306 e. The highest BCUT2D eigenvalue weighted by Crippen LogP contribution is 2.40. The van der Waals surface area contributed by atoms with Crippen molar-refractivity contribution in [2.75, 3.05) is 0 Å². The first-order valence-electron chi connectivity index (χ1n) is 6.92. The van der Waals surface area contributed by atoms with Crippen molar-refractivity contribution >= 4 is 23.6 Å². The quantitative estimate of drug-likeness (QED) is 0.285. The molecule has 8 heteroatoms. The summed E-state index contributed by atoms with van der Waals surface area (Å²) in [4.78, 5) is 23.2. The third kappa shape index (κ3) is 3.50. The van der Waals surface area contributed by atoms with E-state index in [-0.39, 0.29) is 24.5 Å². The molecule has 0 heterocycles. The van der Waals surface area contributed by atoms with Crippen LogP contribution in [0, 0.1) is 10.8 Å². The zero-order valence-corrected chi connectivity index (χ0v) is 11.7. The molecule has 2 rings (SSSR count). The first-order valence-corrected chi connectivity index (χ1v) is 6.92. The number of ether oxygens (including phenoxy) is 2. The molecule has 0 aromatic heterocycles. The third-order valence-electron chi connectivity index (χ3n) is 3.77. The molecular weight excluding hydrogens is 276 g/mol. The van der Waals surface area contributed by atoms with E-state index in [4.69, 9.17) is 31.8 Å². The van der Waals surface area contributed by atoms with Gasteiger partial charge in [0.05, 0.1) is 0 Å². The van der Waals surface area contributed by atoms with Crippen LogP contribution < -0.4 is 11.5 Å². The fourth-order valence-electron chi connectivity index (χ4n) is 1.99. The van der Waals surface area contributed by atoms with Gasteiger partial charge < -0.3 is 20.9 Å². The molecule has 0 aliphatic heterocycles. The second-order valence-electron chi connectivity index (χ2n) is 5.62. The summed E-state index contributed by atoms with van der Waals surface area (Å²) >= 11 is 0. The molecule has 2 aliphatic carbocycles. The predicted octanol–water partition coefficient (Wildman–Crippen LogP) is 0.180. The summed E-state index contributed by atoms with van der Waals surface area (Å²) in [5.41, 5.74) is 8.93. The summed E-state index contributed by atoms with van der Waals surface area (Å²) in [5.74, 6) is -1.20. The number of hydrogen-bond donors (Lipinski definition) is 4. The summed E-state index contributed by atoms with van der Waals surface area (Å²) in [6, 6.07) is 0. The second-order valence-corrected chi connectivity index (χ2v) is 5.62. The lowest BCUT2D eigenvalue weighted by Gasteiger charge is -2.15. The van der Waals surface area contributed by atoms with Gasteiger partial charge in [-0.25, -0.2) is 0 Å². The van der Waals surface area contributed by atoms with Crippen molar-refractivity contribution in [3.63, 3.8) is 0 Å². The first-order chi connectivity index (χ1) is 9.80. The fourth-order valence-corrected chi connectivity index (χ4v) is 1.99. The molecule has 116 valence electrons. The number of hydrogen-bond acceptors (Lipinski definition) is 6. The van der Waals surface area contributed by atoms with Gasteiger partial charge in [-0.05, 0) is 32.1 Å². The topological polar surface area (TPSA) is 152 Å². The van der Waals surface area contributed by atoms with Gasteiger partial charge in [-0.15, -0.1) is 0 Å². The molecule has 0 aromatic rings. The Hall–Kier alpha value is -2.12. The van der Waals surface area contributed by atoms with Crippen LogP contribution in [0.25, 0.3) is 0 Å². The van der Waals surface area contributed by atoms with Crippen molar-refractivity contribution in [3.8, 4) is 0 Å². The van der Waals surface area contributed by atoms with Gasteiger partial charge in [0.2, 0.25) is 0 Å². The predicted molar refractivity (Wildman–Crippen MR) is 73.8 cm³/mol. The molecule has 0 radical (unpaired) electrons. The van der Waals surface area contributed by atoms with Crippen molar-refractivity contribution in [3.05, 3.63) is 0 Å². The van der Waals surface area contributed by atoms with Gasteiger partial charge in [-0.1, -0.05) is 0 Å². The van der Waals surface area contributed by atoms with Gasteiger partial charge in [0.1, 0.15) is 11.7 Å². The molecule has 0 amide bonds. The second kappa shape index (κ2) is 5.34. The average Bonchev–Trinajstić information content (AvgIpc) is 3.25. The Bertz CT molecular complexity index is 450. The lowest BCUT2D eigenvalue weighted by Crippen LogP contribution is -2.35. The van der Waals surface area contributed by atoms with Crippen LogP contribution in [-0.4, -0.2) is 34.8 Å². The third-order valence-corrected chi connectivity index (χ3v) is 3.77.